The predicted octanol–water partition coefficient (Wildman–Crippen LogP) is 10.2. The zero-order valence-electron chi connectivity index (χ0n) is 23.3. The molecule has 0 aliphatic rings. The van der Waals surface area contributed by atoms with Crippen LogP contribution in [-0.2, 0) is 0 Å². The van der Waals surface area contributed by atoms with E-state index in [1.165, 1.54) is 4.70 Å². The van der Waals surface area contributed by atoms with Crippen LogP contribution in [0.15, 0.2) is 138 Å². The highest BCUT2D eigenvalue weighted by molar-refractivity contribution is 7.26. The Labute approximate surface area is 256 Å². The second-order valence-electron chi connectivity index (χ2n) is 10.7. The molecule has 0 spiro atoms. The highest BCUT2D eigenvalue weighted by atomic mass is 32.1. The van der Waals surface area contributed by atoms with E-state index in [-0.39, 0.29) is 0 Å². The van der Waals surface area contributed by atoms with Gasteiger partial charge in [-0.1, -0.05) is 109 Å². The van der Waals surface area contributed by atoms with Gasteiger partial charge in [-0.05, 0) is 24.3 Å². The minimum Gasteiger partial charge on any atom is -0.452 e. The highest BCUT2D eigenvalue weighted by Crippen LogP contribution is 2.41. The molecular formula is C38H22N4OS. The van der Waals surface area contributed by atoms with E-state index >= 15 is 0 Å². The van der Waals surface area contributed by atoms with Crippen LogP contribution in [-0.4, -0.2) is 19.9 Å². The molecule has 0 aliphatic heterocycles. The molecule has 5 aromatic carbocycles. The summed E-state index contributed by atoms with van der Waals surface area (Å²) in [7, 11) is 0. The maximum absolute atomic E-state index is 6.31. The van der Waals surface area contributed by atoms with E-state index in [9.17, 15) is 0 Å². The molecule has 0 unspecified atom stereocenters. The van der Waals surface area contributed by atoms with Gasteiger partial charge in [0.25, 0.3) is 0 Å². The third kappa shape index (κ3) is 4.00. The summed E-state index contributed by atoms with van der Waals surface area (Å²) in [4.78, 5) is 20.4. The smallest absolute Gasteiger partial charge is 0.180 e. The minimum absolute atomic E-state index is 0.634. The molecule has 0 bridgehead atoms. The Balaban J connectivity index is 1.28. The summed E-state index contributed by atoms with van der Waals surface area (Å²) in [5.41, 5.74) is 8.77. The molecule has 0 saturated heterocycles. The van der Waals surface area contributed by atoms with Gasteiger partial charge in [-0.25, -0.2) is 19.9 Å². The molecular weight excluding hydrogens is 561 g/mol. The third-order valence-electron chi connectivity index (χ3n) is 7.91. The third-order valence-corrected chi connectivity index (χ3v) is 9.08. The Kier molecular flexibility index (Phi) is 5.61. The summed E-state index contributed by atoms with van der Waals surface area (Å²) < 4.78 is 8.56. The molecule has 0 N–H and O–H groups in total. The highest BCUT2D eigenvalue weighted by Gasteiger charge is 2.20. The second-order valence-corrected chi connectivity index (χ2v) is 11.7. The Bertz CT molecular complexity index is 2500. The molecule has 9 aromatic rings. The van der Waals surface area contributed by atoms with Gasteiger partial charge in [-0.15, -0.1) is 11.3 Å². The first-order valence-electron chi connectivity index (χ1n) is 14.4. The van der Waals surface area contributed by atoms with E-state index in [1.54, 1.807) is 11.3 Å². The number of hydrogen-bond donors (Lipinski definition) is 0. The topological polar surface area (TPSA) is 64.7 Å². The van der Waals surface area contributed by atoms with Gasteiger partial charge in [0, 0.05) is 37.7 Å². The van der Waals surface area contributed by atoms with Crippen LogP contribution in [0.1, 0.15) is 0 Å². The first-order chi connectivity index (χ1) is 21.8. The minimum atomic E-state index is 0.634. The molecule has 5 nitrogen and oxygen atoms in total. The fraction of sp³-hybridized carbons (Fsp3) is 0. The lowest BCUT2D eigenvalue weighted by Gasteiger charge is -2.10. The first kappa shape index (κ1) is 24.8. The Morgan fingerprint density at radius 1 is 0.455 bits per heavy atom. The van der Waals surface area contributed by atoms with Crippen LogP contribution < -0.4 is 0 Å². The van der Waals surface area contributed by atoms with Crippen molar-refractivity contribution in [3.05, 3.63) is 133 Å². The average Bonchev–Trinajstić information content (AvgIpc) is 3.67. The number of fused-ring (bicyclic) bond motifs is 6. The van der Waals surface area contributed by atoms with Gasteiger partial charge in [-0.3, -0.25) is 0 Å². The summed E-state index contributed by atoms with van der Waals surface area (Å²) >= 11 is 1.72. The van der Waals surface area contributed by atoms with Gasteiger partial charge >= 0.3 is 0 Å². The summed E-state index contributed by atoms with van der Waals surface area (Å²) in [5, 5.41) is 2.10. The van der Waals surface area contributed by atoms with E-state index in [0.717, 1.165) is 65.7 Å². The number of thiophene rings is 1. The SMILES string of the molecule is c1ccc(-c2nc(-c3cccc(-c4nc(-c5ccccc5)c5oc6ccccc6c5n4)c3)c3sc4ccccc4c3n2)cc1. The molecule has 0 fully saturated rings. The van der Waals surface area contributed by atoms with Crippen molar-refractivity contribution in [3.63, 3.8) is 0 Å². The van der Waals surface area contributed by atoms with Crippen molar-refractivity contribution in [2.45, 2.75) is 0 Å². The first-order valence-corrected chi connectivity index (χ1v) is 15.2. The van der Waals surface area contributed by atoms with E-state index in [4.69, 9.17) is 24.4 Å². The van der Waals surface area contributed by atoms with Crippen molar-refractivity contribution in [1.29, 1.82) is 0 Å². The van der Waals surface area contributed by atoms with Gasteiger partial charge < -0.3 is 4.42 Å². The molecule has 4 heterocycles. The zero-order chi connectivity index (χ0) is 29.0. The molecule has 0 saturated carbocycles. The van der Waals surface area contributed by atoms with Crippen molar-refractivity contribution < 1.29 is 4.42 Å². The molecule has 0 radical (unpaired) electrons. The lowest BCUT2D eigenvalue weighted by molar-refractivity contribution is 0.667. The molecule has 0 atom stereocenters. The summed E-state index contributed by atoms with van der Waals surface area (Å²) in [5.74, 6) is 1.34. The number of furan rings is 1. The van der Waals surface area contributed by atoms with E-state index in [2.05, 4.69) is 72.8 Å². The lowest BCUT2D eigenvalue weighted by atomic mass is 10.0. The normalized spacial score (nSPS) is 11.6. The number of nitrogens with zero attached hydrogens (tertiary/aromatic N) is 4. The number of aromatic nitrogens is 4. The van der Waals surface area contributed by atoms with Gasteiger partial charge in [0.15, 0.2) is 17.2 Å². The Morgan fingerprint density at radius 2 is 1.07 bits per heavy atom. The largest absolute Gasteiger partial charge is 0.452 e. The zero-order valence-corrected chi connectivity index (χ0v) is 24.1. The number of hydrogen-bond acceptors (Lipinski definition) is 6. The predicted molar refractivity (Wildman–Crippen MR) is 180 cm³/mol. The average molecular weight is 583 g/mol. The number of para-hydroxylation sites is 1. The van der Waals surface area contributed by atoms with Gasteiger partial charge in [-0.2, -0.15) is 0 Å². The Morgan fingerprint density at radius 3 is 1.91 bits per heavy atom. The van der Waals surface area contributed by atoms with Crippen molar-refractivity contribution in [1.82, 2.24) is 19.9 Å². The van der Waals surface area contributed by atoms with Crippen LogP contribution in [0.2, 0.25) is 0 Å². The number of benzene rings is 5. The van der Waals surface area contributed by atoms with Crippen LogP contribution in [0, 0.1) is 0 Å². The molecule has 4 aromatic heterocycles. The molecule has 44 heavy (non-hydrogen) atoms. The van der Waals surface area contributed by atoms with E-state index in [1.807, 2.05) is 60.7 Å². The summed E-state index contributed by atoms with van der Waals surface area (Å²) in [6, 6.07) is 45.1. The lowest BCUT2D eigenvalue weighted by Crippen LogP contribution is -1.96. The van der Waals surface area contributed by atoms with E-state index < -0.39 is 0 Å². The quantitative estimate of drug-likeness (QED) is 0.207. The van der Waals surface area contributed by atoms with Crippen LogP contribution in [0.3, 0.4) is 0 Å². The van der Waals surface area contributed by atoms with Crippen molar-refractivity contribution in [2.24, 2.45) is 0 Å². The monoisotopic (exact) mass is 582 g/mol. The van der Waals surface area contributed by atoms with Crippen molar-refractivity contribution in [2.75, 3.05) is 0 Å². The maximum atomic E-state index is 6.31. The van der Waals surface area contributed by atoms with Crippen LogP contribution in [0.4, 0.5) is 0 Å². The fourth-order valence-electron chi connectivity index (χ4n) is 5.82. The van der Waals surface area contributed by atoms with E-state index in [0.29, 0.717) is 17.2 Å². The number of rotatable bonds is 4. The van der Waals surface area contributed by atoms with Crippen LogP contribution in [0.5, 0.6) is 0 Å². The molecule has 206 valence electrons. The van der Waals surface area contributed by atoms with Gasteiger partial charge in [0.1, 0.15) is 16.8 Å². The molecule has 0 amide bonds. The van der Waals surface area contributed by atoms with Crippen LogP contribution in [0.25, 0.3) is 87.7 Å². The standard InChI is InChI=1S/C38H22N4OS/c1-3-12-23(13-4-1)31-35-33(27-18-7-9-20-29(27)43-35)41-38(39-31)26-17-11-16-25(22-26)32-36-34(28-19-8-10-21-30(28)44-36)42-37(40-32)24-14-5-2-6-15-24/h1-22H. The van der Waals surface area contributed by atoms with Gasteiger partial charge in [0.2, 0.25) is 0 Å². The summed E-state index contributed by atoms with van der Waals surface area (Å²) in [6.45, 7) is 0. The van der Waals surface area contributed by atoms with Gasteiger partial charge in [0.05, 0.1) is 15.9 Å². The summed E-state index contributed by atoms with van der Waals surface area (Å²) in [6.07, 6.45) is 0. The second kappa shape index (κ2) is 9.93. The van der Waals surface area contributed by atoms with Crippen molar-refractivity contribution >= 4 is 53.7 Å². The molecule has 0 aliphatic carbocycles. The van der Waals surface area contributed by atoms with Crippen molar-refractivity contribution in [3.8, 4) is 45.3 Å². The fourth-order valence-corrected chi connectivity index (χ4v) is 6.97. The molecule has 9 rings (SSSR count). The van der Waals surface area contributed by atoms with Crippen LogP contribution >= 0.6 is 11.3 Å². The Hall–Kier alpha value is -5.72. The molecule has 6 heteroatoms. The maximum Gasteiger partial charge on any atom is 0.180 e.